The molecule has 0 aliphatic carbocycles. The third-order valence-electron chi connectivity index (χ3n) is 4.63. The number of carbonyl (C=O) groups excluding carboxylic acids is 2. The van der Waals surface area contributed by atoms with E-state index in [1.54, 1.807) is 45.8 Å². The molecule has 0 bridgehead atoms. The Kier molecular flexibility index (Phi) is 3.84. The fourth-order valence-electron chi connectivity index (χ4n) is 3.33. The summed E-state index contributed by atoms with van der Waals surface area (Å²) in [5.41, 5.74) is 1.50. The fourth-order valence-corrected chi connectivity index (χ4v) is 3.33. The van der Waals surface area contributed by atoms with Crippen LogP contribution in [0, 0.1) is 5.82 Å². The Bertz CT molecular complexity index is 971. The largest absolute Gasteiger partial charge is 0.339 e. The summed E-state index contributed by atoms with van der Waals surface area (Å²) < 4.78 is 15.7. The van der Waals surface area contributed by atoms with E-state index in [1.165, 1.54) is 12.1 Å². The molecule has 1 aliphatic heterocycles. The molecule has 3 aromatic rings. The first-order valence-corrected chi connectivity index (χ1v) is 8.35. The molecule has 1 saturated heterocycles. The Balaban J connectivity index is 1.82. The number of benzene rings is 1. The number of carbonyl (C=O) groups is 2. The topological polar surface area (TPSA) is 41.8 Å². The fraction of sp³-hybridized carbons (Fsp3) is 0.200. The van der Waals surface area contributed by atoms with Crippen LogP contribution in [0.3, 0.4) is 0 Å². The zero-order chi connectivity index (χ0) is 17.4. The Labute approximate surface area is 144 Å². The standard InChI is InChI=1S/C20H17FN2O2/c21-17-8-2-1-7-16(17)19(24)18-13-14(12-15-6-5-11-23(15)18)20(25)22-9-3-4-10-22/h1-2,5-8,11-13H,3-4,9-10H2. The molecule has 0 unspecified atom stereocenters. The number of fused-ring (bicyclic) bond motifs is 1. The van der Waals surface area contributed by atoms with E-state index < -0.39 is 11.6 Å². The summed E-state index contributed by atoms with van der Waals surface area (Å²) in [5.74, 6) is -1.08. The Morgan fingerprint density at radius 2 is 1.72 bits per heavy atom. The smallest absolute Gasteiger partial charge is 0.254 e. The van der Waals surface area contributed by atoms with Crippen LogP contribution in [0.4, 0.5) is 4.39 Å². The predicted octanol–water partition coefficient (Wildman–Crippen LogP) is 3.55. The molecule has 3 heterocycles. The van der Waals surface area contributed by atoms with Gasteiger partial charge in [0.25, 0.3) is 5.91 Å². The number of likely N-dealkylation sites (tertiary alicyclic amines) is 1. The number of hydrogen-bond donors (Lipinski definition) is 0. The average Bonchev–Trinajstić information content (AvgIpc) is 3.31. The SMILES string of the molecule is O=C(c1ccccc1F)c1cc(C(=O)N2CCCC2)cc2cccn12. The minimum atomic E-state index is -0.566. The molecule has 0 saturated carbocycles. The van der Waals surface area contributed by atoms with E-state index in [-0.39, 0.29) is 17.2 Å². The van der Waals surface area contributed by atoms with Gasteiger partial charge in [0.1, 0.15) is 5.82 Å². The van der Waals surface area contributed by atoms with Crippen molar-refractivity contribution >= 4 is 17.2 Å². The molecular weight excluding hydrogens is 319 g/mol. The highest BCUT2D eigenvalue weighted by atomic mass is 19.1. The molecule has 2 aromatic heterocycles. The van der Waals surface area contributed by atoms with Crippen molar-refractivity contribution in [3.8, 4) is 0 Å². The molecule has 0 atom stereocenters. The van der Waals surface area contributed by atoms with Crippen LogP contribution in [0.15, 0.2) is 54.7 Å². The first-order valence-electron chi connectivity index (χ1n) is 8.35. The van der Waals surface area contributed by atoms with Gasteiger partial charge >= 0.3 is 0 Å². The molecule has 1 fully saturated rings. The summed E-state index contributed by atoms with van der Waals surface area (Å²) in [6, 6.07) is 12.9. The lowest BCUT2D eigenvalue weighted by atomic mass is 10.0. The van der Waals surface area contributed by atoms with E-state index in [1.807, 2.05) is 6.07 Å². The normalized spacial score (nSPS) is 14.2. The van der Waals surface area contributed by atoms with Gasteiger partial charge in [-0.3, -0.25) is 9.59 Å². The third-order valence-corrected chi connectivity index (χ3v) is 4.63. The number of aromatic nitrogens is 1. The number of rotatable bonds is 3. The van der Waals surface area contributed by atoms with Crippen LogP contribution in [0.25, 0.3) is 5.52 Å². The van der Waals surface area contributed by atoms with Crippen molar-refractivity contribution in [2.24, 2.45) is 0 Å². The highest BCUT2D eigenvalue weighted by Crippen LogP contribution is 2.21. The second-order valence-corrected chi connectivity index (χ2v) is 6.24. The van der Waals surface area contributed by atoms with Gasteiger partial charge in [-0.2, -0.15) is 0 Å². The van der Waals surface area contributed by atoms with E-state index in [0.29, 0.717) is 5.56 Å². The maximum absolute atomic E-state index is 14.1. The molecule has 1 aromatic carbocycles. The van der Waals surface area contributed by atoms with Crippen LogP contribution in [-0.4, -0.2) is 34.1 Å². The van der Waals surface area contributed by atoms with Gasteiger partial charge in [-0.05, 0) is 49.2 Å². The second kappa shape index (κ2) is 6.16. The number of halogens is 1. The molecule has 4 rings (SSSR count). The number of ketones is 1. The zero-order valence-corrected chi connectivity index (χ0v) is 13.6. The Morgan fingerprint density at radius 3 is 2.48 bits per heavy atom. The Morgan fingerprint density at radius 1 is 0.960 bits per heavy atom. The summed E-state index contributed by atoms with van der Waals surface area (Å²) in [4.78, 5) is 27.4. The molecule has 1 aliphatic rings. The van der Waals surface area contributed by atoms with Crippen molar-refractivity contribution in [3.63, 3.8) is 0 Å². The lowest BCUT2D eigenvalue weighted by Gasteiger charge is -2.16. The van der Waals surface area contributed by atoms with Gasteiger partial charge in [0.05, 0.1) is 11.3 Å². The quantitative estimate of drug-likeness (QED) is 0.687. The van der Waals surface area contributed by atoms with Crippen LogP contribution in [0.1, 0.15) is 39.3 Å². The van der Waals surface area contributed by atoms with Gasteiger partial charge in [-0.15, -0.1) is 0 Å². The minimum Gasteiger partial charge on any atom is -0.339 e. The van der Waals surface area contributed by atoms with Gasteiger partial charge in [0.15, 0.2) is 0 Å². The number of pyridine rings is 1. The van der Waals surface area contributed by atoms with Crippen LogP contribution in [-0.2, 0) is 0 Å². The highest BCUT2D eigenvalue weighted by Gasteiger charge is 2.23. The molecule has 25 heavy (non-hydrogen) atoms. The second-order valence-electron chi connectivity index (χ2n) is 6.24. The van der Waals surface area contributed by atoms with Crippen LogP contribution in [0.5, 0.6) is 0 Å². The zero-order valence-electron chi connectivity index (χ0n) is 13.6. The van der Waals surface area contributed by atoms with Crippen molar-refractivity contribution < 1.29 is 14.0 Å². The molecule has 0 N–H and O–H groups in total. The van der Waals surface area contributed by atoms with Gasteiger partial charge in [0.2, 0.25) is 5.78 Å². The molecular formula is C20H17FN2O2. The van der Waals surface area contributed by atoms with Crippen LogP contribution in [0.2, 0.25) is 0 Å². The summed E-state index contributed by atoms with van der Waals surface area (Å²) in [6.45, 7) is 1.48. The highest BCUT2D eigenvalue weighted by molar-refractivity contribution is 6.10. The Hall–Kier alpha value is -2.95. The van der Waals surface area contributed by atoms with Crippen molar-refractivity contribution in [2.75, 3.05) is 13.1 Å². The van der Waals surface area contributed by atoms with Crippen LogP contribution >= 0.6 is 0 Å². The van der Waals surface area contributed by atoms with Gasteiger partial charge in [-0.1, -0.05) is 12.1 Å². The maximum atomic E-state index is 14.1. The number of nitrogens with zero attached hydrogens (tertiary/aromatic N) is 2. The van der Waals surface area contributed by atoms with E-state index >= 15 is 0 Å². The van der Waals surface area contributed by atoms with Gasteiger partial charge in [-0.25, -0.2) is 4.39 Å². The van der Waals surface area contributed by atoms with Crippen molar-refractivity contribution in [3.05, 3.63) is 77.4 Å². The summed E-state index contributed by atoms with van der Waals surface area (Å²) in [6.07, 6.45) is 3.74. The lowest BCUT2D eigenvalue weighted by molar-refractivity contribution is 0.0793. The predicted molar refractivity (Wildman–Crippen MR) is 92.4 cm³/mol. The molecule has 0 radical (unpaired) electrons. The summed E-state index contributed by atoms with van der Waals surface area (Å²) in [5, 5.41) is 0. The summed E-state index contributed by atoms with van der Waals surface area (Å²) >= 11 is 0. The lowest BCUT2D eigenvalue weighted by Crippen LogP contribution is -2.28. The van der Waals surface area contributed by atoms with Gasteiger partial charge in [0, 0.05) is 30.4 Å². The average molecular weight is 336 g/mol. The van der Waals surface area contributed by atoms with E-state index in [4.69, 9.17) is 0 Å². The number of hydrogen-bond acceptors (Lipinski definition) is 2. The van der Waals surface area contributed by atoms with E-state index in [2.05, 4.69) is 0 Å². The van der Waals surface area contributed by atoms with E-state index in [0.717, 1.165) is 31.4 Å². The molecule has 4 nitrogen and oxygen atoms in total. The monoisotopic (exact) mass is 336 g/mol. The van der Waals surface area contributed by atoms with Crippen molar-refractivity contribution in [1.82, 2.24) is 9.30 Å². The third kappa shape index (κ3) is 2.71. The summed E-state index contributed by atoms with van der Waals surface area (Å²) in [7, 11) is 0. The number of amides is 1. The first kappa shape index (κ1) is 15.6. The van der Waals surface area contributed by atoms with Gasteiger partial charge < -0.3 is 9.30 Å². The van der Waals surface area contributed by atoms with E-state index in [9.17, 15) is 14.0 Å². The van der Waals surface area contributed by atoms with Crippen molar-refractivity contribution in [2.45, 2.75) is 12.8 Å². The minimum absolute atomic E-state index is 0.00303. The van der Waals surface area contributed by atoms with Crippen molar-refractivity contribution in [1.29, 1.82) is 0 Å². The molecule has 5 heteroatoms. The first-order chi connectivity index (χ1) is 12.1. The maximum Gasteiger partial charge on any atom is 0.254 e. The molecule has 1 amide bonds. The molecule has 0 spiro atoms. The van der Waals surface area contributed by atoms with Crippen LogP contribution < -0.4 is 0 Å². The molecule has 126 valence electrons.